The Hall–Kier alpha value is 0.270. The summed E-state index contributed by atoms with van der Waals surface area (Å²) in [5.41, 5.74) is 0. The molecule has 2 nitrogen and oxygen atoms in total. The first kappa shape index (κ1) is 8.85. The second-order valence-electron chi connectivity index (χ2n) is 3.77. The molecule has 0 bridgehead atoms. The molecule has 2 heterocycles. The average molecular weight is 187 g/mol. The molecule has 2 saturated heterocycles. The smallest absolute Gasteiger partial charge is 0.0671 e. The summed E-state index contributed by atoms with van der Waals surface area (Å²) in [6.07, 6.45) is 3.68. The van der Waals surface area contributed by atoms with Crippen LogP contribution in [-0.4, -0.2) is 29.9 Å². The first-order chi connectivity index (χ1) is 5.81. The molecule has 0 radical (unpaired) electrons. The van der Waals surface area contributed by atoms with Gasteiger partial charge in [-0.1, -0.05) is 6.92 Å². The number of rotatable bonds is 0. The Morgan fingerprint density at radius 3 is 3.08 bits per heavy atom. The second kappa shape index (κ2) is 3.56. The van der Waals surface area contributed by atoms with Crippen molar-refractivity contribution in [3.63, 3.8) is 0 Å². The van der Waals surface area contributed by atoms with Crippen LogP contribution in [-0.2, 0) is 4.74 Å². The van der Waals surface area contributed by atoms with Gasteiger partial charge in [0.25, 0.3) is 0 Å². The molecule has 3 heteroatoms. The standard InChI is InChI=1S/C9H17NOS/c1-8-7-10-9(12-8)3-2-5-11-6-4-9/h8,10H,2-7H2,1H3. The minimum absolute atomic E-state index is 0.371. The maximum Gasteiger partial charge on any atom is 0.0671 e. The lowest BCUT2D eigenvalue weighted by Crippen LogP contribution is -2.37. The van der Waals surface area contributed by atoms with Crippen molar-refractivity contribution < 1.29 is 4.74 Å². The van der Waals surface area contributed by atoms with Crippen LogP contribution >= 0.6 is 11.8 Å². The van der Waals surface area contributed by atoms with Crippen molar-refractivity contribution in [2.75, 3.05) is 19.8 Å². The molecule has 0 aromatic rings. The van der Waals surface area contributed by atoms with Gasteiger partial charge in [0, 0.05) is 25.0 Å². The lowest BCUT2D eigenvalue weighted by atomic mass is 10.1. The van der Waals surface area contributed by atoms with E-state index in [9.17, 15) is 0 Å². The van der Waals surface area contributed by atoms with Crippen LogP contribution < -0.4 is 5.32 Å². The predicted octanol–water partition coefficient (Wildman–Crippen LogP) is 1.61. The molecule has 2 aliphatic rings. The monoisotopic (exact) mass is 187 g/mol. The summed E-state index contributed by atoms with van der Waals surface area (Å²) in [6.45, 7) is 5.37. The molecule has 0 aromatic carbocycles. The fourth-order valence-electron chi connectivity index (χ4n) is 2.02. The van der Waals surface area contributed by atoms with Gasteiger partial charge in [-0.05, 0) is 19.3 Å². The molecule has 70 valence electrons. The van der Waals surface area contributed by atoms with Crippen molar-refractivity contribution in [2.45, 2.75) is 36.3 Å². The molecule has 12 heavy (non-hydrogen) atoms. The highest BCUT2D eigenvalue weighted by molar-refractivity contribution is 8.01. The average Bonchev–Trinajstić information content (AvgIpc) is 2.30. The number of ether oxygens (including phenoxy) is 1. The van der Waals surface area contributed by atoms with Crippen molar-refractivity contribution in [1.82, 2.24) is 5.32 Å². The van der Waals surface area contributed by atoms with E-state index in [1.54, 1.807) is 0 Å². The van der Waals surface area contributed by atoms with E-state index in [1.807, 2.05) is 0 Å². The molecule has 0 aliphatic carbocycles. The zero-order chi connectivity index (χ0) is 8.44. The molecule has 2 fully saturated rings. The molecular weight excluding hydrogens is 170 g/mol. The lowest BCUT2D eigenvalue weighted by molar-refractivity contribution is 0.142. The van der Waals surface area contributed by atoms with E-state index < -0.39 is 0 Å². The molecule has 1 N–H and O–H groups in total. The van der Waals surface area contributed by atoms with Gasteiger partial charge in [-0.2, -0.15) is 0 Å². The van der Waals surface area contributed by atoms with Crippen LogP contribution in [0.3, 0.4) is 0 Å². The molecule has 1 spiro atoms. The Bertz CT molecular complexity index is 155. The van der Waals surface area contributed by atoms with Crippen molar-refractivity contribution in [3.8, 4) is 0 Å². The Balaban J connectivity index is 1.98. The lowest BCUT2D eigenvalue weighted by Gasteiger charge is -2.26. The predicted molar refractivity (Wildman–Crippen MR) is 52.5 cm³/mol. The van der Waals surface area contributed by atoms with Gasteiger partial charge in [0.05, 0.1) is 4.87 Å². The largest absolute Gasteiger partial charge is 0.381 e. The summed E-state index contributed by atoms with van der Waals surface area (Å²) in [4.78, 5) is 0.371. The van der Waals surface area contributed by atoms with Gasteiger partial charge in [-0.15, -0.1) is 11.8 Å². The SMILES string of the molecule is CC1CNC2(CCCOCC2)S1. The zero-order valence-corrected chi connectivity index (χ0v) is 8.45. The number of thioether (sulfide) groups is 1. The van der Waals surface area contributed by atoms with Crippen LogP contribution in [0.2, 0.25) is 0 Å². The van der Waals surface area contributed by atoms with Crippen molar-refractivity contribution in [3.05, 3.63) is 0 Å². The number of nitrogens with one attached hydrogen (secondary N) is 1. The van der Waals surface area contributed by atoms with Crippen molar-refractivity contribution in [2.24, 2.45) is 0 Å². The third kappa shape index (κ3) is 1.78. The highest BCUT2D eigenvalue weighted by atomic mass is 32.2. The van der Waals surface area contributed by atoms with Gasteiger partial charge in [-0.3, -0.25) is 0 Å². The minimum Gasteiger partial charge on any atom is -0.381 e. The van der Waals surface area contributed by atoms with E-state index >= 15 is 0 Å². The highest BCUT2D eigenvalue weighted by Gasteiger charge is 2.37. The van der Waals surface area contributed by atoms with E-state index in [0.29, 0.717) is 4.87 Å². The molecule has 0 aromatic heterocycles. The topological polar surface area (TPSA) is 21.3 Å². The van der Waals surface area contributed by atoms with Gasteiger partial charge in [0.15, 0.2) is 0 Å². The third-order valence-corrected chi connectivity index (χ3v) is 4.23. The van der Waals surface area contributed by atoms with Gasteiger partial charge >= 0.3 is 0 Å². The number of hydrogen-bond donors (Lipinski definition) is 1. The first-order valence-electron chi connectivity index (χ1n) is 4.81. The fraction of sp³-hybridized carbons (Fsp3) is 1.00. The maximum absolute atomic E-state index is 5.46. The maximum atomic E-state index is 5.46. The molecule has 2 aliphatic heterocycles. The van der Waals surface area contributed by atoms with Gasteiger partial charge in [0.2, 0.25) is 0 Å². The molecule has 2 atom stereocenters. The molecule has 2 rings (SSSR count). The van der Waals surface area contributed by atoms with E-state index in [2.05, 4.69) is 24.0 Å². The van der Waals surface area contributed by atoms with Crippen LogP contribution in [0.25, 0.3) is 0 Å². The Kier molecular flexibility index (Phi) is 2.63. The van der Waals surface area contributed by atoms with Crippen LogP contribution in [0.1, 0.15) is 26.2 Å². The van der Waals surface area contributed by atoms with Crippen LogP contribution in [0.15, 0.2) is 0 Å². The fourth-order valence-corrected chi connectivity index (χ4v) is 3.58. The van der Waals surface area contributed by atoms with E-state index in [-0.39, 0.29) is 0 Å². The summed E-state index contributed by atoms with van der Waals surface area (Å²) in [5.74, 6) is 0. The van der Waals surface area contributed by atoms with Crippen LogP contribution in [0, 0.1) is 0 Å². The summed E-state index contributed by atoms with van der Waals surface area (Å²) in [7, 11) is 0. The summed E-state index contributed by atoms with van der Waals surface area (Å²) >= 11 is 2.11. The zero-order valence-electron chi connectivity index (χ0n) is 7.64. The van der Waals surface area contributed by atoms with E-state index in [0.717, 1.165) is 18.5 Å². The quantitative estimate of drug-likeness (QED) is 0.622. The third-order valence-electron chi connectivity index (χ3n) is 2.66. The Labute approximate surface area is 78.4 Å². The van der Waals surface area contributed by atoms with Gasteiger partial charge < -0.3 is 10.1 Å². The van der Waals surface area contributed by atoms with Crippen molar-refractivity contribution >= 4 is 11.8 Å². The highest BCUT2D eigenvalue weighted by Crippen LogP contribution is 2.39. The van der Waals surface area contributed by atoms with Gasteiger partial charge in [-0.25, -0.2) is 0 Å². The molecular formula is C9H17NOS. The summed E-state index contributed by atoms with van der Waals surface area (Å²) in [6, 6.07) is 0. The molecule has 2 unspecified atom stereocenters. The van der Waals surface area contributed by atoms with Crippen molar-refractivity contribution in [1.29, 1.82) is 0 Å². The number of hydrogen-bond acceptors (Lipinski definition) is 3. The first-order valence-corrected chi connectivity index (χ1v) is 5.69. The Morgan fingerprint density at radius 1 is 1.42 bits per heavy atom. The molecule has 0 saturated carbocycles. The Morgan fingerprint density at radius 2 is 2.33 bits per heavy atom. The summed E-state index contributed by atoms with van der Waals surface area (Å²) < 4.78 is 5.46. The minimum atomic E-state index is 0.371. The second-order valence-corrected chi connectivity index (χ2v) is 5.59. The normalized spacial score (nSPS) is 43.2. The van der Waals surface area contributed by atoms with Gasteiger partial charge in [0.1, 0.15) is 0 Å². The van der Waals surface area contributed by atoms with Crippen LogP contribution in [0.4, 0.5) is 0 Å². The van der Waals surface area contributed by atoms with E-state index in [4.69, 9.17) is 4.74 Å². The molecule has 0 amide bonds. The van der Waals surface area contributed by atoms with Crippen LogP contribution in [0.5, 0.6) is 0 Å². The summed E-state index contributed by atoms with van der Waals surface area (Å²) in [5, 5.41) is 4.43. The van der Waals surface area contributed by atoms with E-state index in [1.165, 1.54) is 25.8 Å².